The number of aryl methyl sites for hydroxylation is 1. The lowest BCUT2D eigenvalue weighted by molar-refractivity contribution is -0.118. The van der Waals surface area contributed by atoms with Crippen molar-refractivity contribution in [2.24, 2.45) is 0 Å². The summed E-state index contributed by atoms with van der Waals surface area (Å²) in [5.74, 6) is 0.217. The van der Waals surface area contributed by atoms with Crippen molar-refractivity contribution in [3.8, 4) is 10.4 Å². The fourth-order valence-corrected chi connectivity index (χ4v) is 3.63. The normalized spacial score (nSPS) is 15.3. The van der Waals surface area contributed by atoms with Crippen molar-refractivity contribution in [2.45, 2.75) is 6.92 Å². The van der Waals surface area contributed by atoms with E-state index in [1.54, 1.807) is 17.5 Å². The van der Waals surface area contributed by atoms with Crippen molar-refractivity contribution in [3.63, 3.8) is 0 Å². The van der Waals surface area contributed by atoms with E-state index in [1.807, 2.05) is 31.3 Å². The van der Waals surface area contributed by atoms with Gasteiger partial charge in [0.15, 0.2) is 0 Å². The molecule has 1 saturated heterocycles. The van der Waals surface area contributed by atoms with Crippen LogP contribution in [0.4, 0.5) is 5.95 Å². The molecule has 1 aromatic carbocycles. The summed E-state index contributed by atoms with van der Waals surface area (Å²) in [7, 11) is 0. The van der Waals surface area contributed by atoms with E-state index in [1.165, 1.54) is 0 Å². The Kier molecular flexibility index (Phi) is 4.87. The van der Waals surface area contributed by atoms with Crippen molar-refractivity contribution in [1.29, 1.82) is 0 Å². The molecular formula is C18H19N5O2S. The molecule has 8 heteroatoms. The molecule has 2 aromatic heterocycles. The lowest BCUT2D eigenvalue weighted by Crippen LogP contribution is -2.41. The summed E-state index contributed by atoms with van der Waals surface area (Å²) in [5, 5.41) is 4.75. The summed E-state index contributed by atoms with van der Waals surface area (Å²) in [6, 6.07) is 6.02. The number of carbonyl (C=O) groups is 1. The van der Waals surface area contributed by atoms with Crippen LogP contribution < -0.4 is 5.32 Å². The highest BCUT2D eigenvalue weighted by Crippen LogP contribution is 2.28. The Morgan fingerprint density at radius 3 is 2.88 bits per heavy atom. The molecule has 7 nitrogen and oxygen atoms in total. The third kappa shape index (κ3) is 3.87. The molecule has 1 N–H and O–H groups in total. The third-order valence-electron chi connectivity index (χ3n) is 4.21. The molecule has 4 rings (SSSR count). The molecule has 0 spiro atoms. The second kappa shape index (κ2) is 7.45. The molecule has 3 heterocycles. The lowest BCUT2D eigenvalue weighted by Gasteiger charge is -2.25. The number of rotatable bonds is 4. The SMILES string of the molecule is Cc1ncc(-c2ccc3cnc(NC(=O)CN4CCOCC4)nc3c2)s1. The van der Waals surface area contributed by atoms with Gasteiger partial charge < -0.3 is 4.74 Å². The number of hydrogen-bond donors (Lipinski definition) is 1. The van der Waals surface area contributed by atoms with E-state index < -0.39 is 0 Å². The quantitative estimate of drug-likeness (QED) is 0.760. The predicted molar refractivity (Wildman–Crippen MR) is 101 cm³/mol. The fourth-order valence-electron chi connectivity index (χ4n) is 2.86. The van der Waals surface area contributed by atoms with Crippen LogP contribution in [0.5, 0.6) is 0 Å². The van der Waals surface area contributed by atoms with Crippen LogP contribution >= 0.6 is 11.3 Å². The molecule has 1 aliphatic rings. The van der Waals surface area contributed by atoms with E-state index in [4.69, 9.17) is 4.74 Å². The number of aromatic nitrogens is 3. The smallest absolute Gasteiger partial charge is 0.240 e. The number of nitrogens with one attached hydrogen (secondary N) is 1. The van der Waals surface area contributed by atoms with E-state index in [0.717, 1.165) is 39.4 Å². The molecule has 0 aliphatic carbocycles. The molecule has 134 valence electrons. The zero-order chi connectivity index (χ0) is 17.9. The minimum Gasteiger partial charge on any atom is -0.379 e. The Morgan fingerprint density at radius 1 is 1.27 bits per heavy atom. The van der Waals surface area contributed by atoms with Gasteiger partial charge in [-0.1, -0.05) is 12.1 Å². The minimum atomic E-state index is -0.111. The van der Waals surface area contributed by atoms with Crippen molar-refractivity contribution < 1.29 is 9.53 Å². The van der Waals surface area contributed by atoms with Crippen LogP contribution in [0.25, 0.3) is 21.3 Å². The van der Waals surface area contributed by atoms with Crippen molar-refractivity contribution in [2.75, 3.05) is 38.2 Å². The summed E-state index contributed by atoms with van der Waals surface area (Å²) in [6.07, 6.45) is 3.60. The Morgan fingerprint density at radius 2 is 2.12 bits per heavy atom. The zero-order valence-electron chi connectivity index (χ0n) is 14.4. The standard InChI is InChI=1S/C18H19N5O2S/c1-12-19-10-16(26-12)13-2-3-14-9-20-18(21-15(14)8-13)22-17(24)11-23-4-6-25-7-5-23/h2-3,8-10H,4-7,11H2,1H3,(H,20,21,22,24). The molecule has 1 fully saturated rings. The van der Waals surface area contributed by atoms with Crippen molar-refractivity contribution >= 4 is 34.1 Å². The number of thiazole rings is 1. The number of fused-ring (bicyclic) bond motifs is 1. The molecule has 1 amide bonds. The molecular weight excluding hydrogens is 350 g/mol. The van der Waals surface area contributed by atoms with Crippen LogP contribution in [-0.4, -0.2) is 58.6 Å². The van der Waals surface area contributed by atoms with Gasteiger partial charge in [-0.15, -0.1) is 11.3 Å². The fraction of sp³-hybridized carbons (Fsp3) is 0.333. The Balaban J connectivity index is 1.51. The second-order valence-electron chi connectivity index (χ2n) is 6.15. The van der Waals surface area contributed by atoms with Crippen LogP contribution in [0.15, 0.2) is 30.6 Å². The summed E-state index contributed by atoms with van der Waals surface area (Å²) in [5.41, 5.74) is 1.86. The number of benzene rings is 1. The van der Waals surface area contributed by atoms with Crippen LogP contribution in [0.2, 0.25) is 0 Å². The van der Waals surface area contributed by atoms with Crippen molar-refractivity contribution in [3.05, 3.63) is 35.6 Å². The van der Waals surface area contributed by atoms with Gasteiger partial charge in [0.05, 0.1) is 35.2 Å². The highest BCUT2D eigenvalue weighted by molar-refractivity contribution is 7.15. The first kappa shape index (κ1) is 17.0. The molecule has 3 aromatic rings. The first-order valence-electron chi connectivity index (χ1n) is 8.47. The number of amides is 1. The average Bonchev–Trinajstić information content (AvgIpc) is 3.08. The molecule has 0 unspecified atom stereocenters. The topological polar surface area (TPSA) is 80.2 Å². The number of nitrogens with zero attached hydrogens (tertiary/aromatic N) is 4. The lowest BCUT2D eigenvalue weighted by atomic mass is 10.1. The molecule has 0 atom stereocenters. The van der Waals surface area contributed by atoms with Gasteiger partial charge in [-0.2, -0.15) is 0 Å². The highest BCUT2D eigenvalue weighted by atomic mass is 32.1. The van der Waals surface area contributed by atoms with Gasteiger partial charge in [-0.25, -0.2) is 15.0 Å². The third-order valence-corrected chi connectivity index (χ3v) is 5.17. The maximum absolute atomic E-state index is 12.2. The van der Waals surface area contributed by atoms with Crippen LogP contribution in [0.3, 0.4) is 0 Å². The average molecular weight is 369 g/mol. The van der Waals surface area contributed by atoms with Crippen molar-refractivity contribution in [1.82, 2.24) is 19.9 Å². The summed E-state index contributed by atoms with van der Waals surface area (Å²) in [6.45, 7) is 5.18. The first-order valence-corrected chi connectivity index (χ1v) is 9.28. The molecule has 0 saturated carbocycles. The van der Waals surface area contributed by atoms with E-state index in [9.17, 15) is 4.79 Å². The number of morpholine rings is 1. The maximum atomic E-state index is 12.2. The molecule has 26 heavy (non-hydrogen) atoms. The number of anilines is 1. The van der Waals surface area contributed by atoms with Crippen LogP contribution in [-0.2, 0) is 9.53 Å². The first-order chi connectivity index (χ1) is 12.7. The number of hydrogen-bond acceptors (Lipinski definition) is 7. The van der Waals surface area contributed by atoms with Crippen LogP contribution in [0.1, 0.15) is 5.01 Å². The Labute approximate surface area is 155 Å². The maximum Gasteiger partial charge on any atom is 0.240 e. The van der Waals surface area contributed by atoms with Gasteiger partial charge in [0.25, 0.3) is 0 Å². The summed E-state index contributed by atoms with van der Waals surface area (Å²) in [4.78, 5) is 28.4. The zero-order valence-corrected chi connectivity index (χ0v) is 15.3. The molecule has 0 bridgehead atoms. The van der Waals surface area contributed by atoms with E-state index in [-0.39, 0.29) is 5.91 Å². The monoisotopic (exact) mass is 369 g/mol. The summed E-state index contributed by atoms with van der Waals surface area (Å²) >= 11 is 1.64. The number of ether oxygens (including phenoxy) is 1. The molecule has 0 radical (unpaired) electrons. The van der Waals surface area contributed by atoms with Gasteiger partial charge in [0, 0.05) is 30.9 Å². The van der Waals surface area contributed by atoms with E-state index in [2.05, 4.69) is 25.2 Å². The van der Waals surface area contributed by atoms with Gasteiger partial charge in [0.2, 0.25) is 11.9 Å². The van der Waals surface area contributed by atoms with Gasteiger partial charge in [-0.05, 0) is 18.6 Å². The Hall–Kier alpha value is -2.42. The number of carbonyl (C=O) groups excluding carboxylic acids is 1. The second-order valence-corrected chi connectivity index (χ2v) is 7.38. The van der Waals surface area contributed by atoms with Gasteiger partial charge >= 0.3 is 0 Å². The molecule has 1 aliphatic heterocycles. The Bertz CT molecular complexity index is 936. The van der Waals surface area contributed by atoms with Gasteiger partial charge in [0.1, 0.15) is 0 Å². The van der Waals surface area contributed by atoms with Crippen LogP contribution in [0, 0.1) is 6.92 Å². The largest absolute Gasteiger partial charge is 0.379 e. The van der Waals surface area contributed by atoms with Gasteiger partial charge in [-0.3, -0.25) is 15.0 Å². The van der Waals surface area contributed by atoms with E-state index in [0.29, 0.717) is 25.7 Å². The minimum absolute atomic E-state index is 0.111. The van der Waals surface area contributed by atoms with E-state index >= 15 is 0 Å². The predicted octanol–water partition coefficient (Wildman–Crippen LogP) is 2.33. The highest BCUT2D eigenvalue weighted by Gasteiger charge is 2.15. The summed E-state index contributed by atoms with van der Waals surface area (Å²) < 4.78 is 5.30.